The van der Waals surface area contributed by atoms with E-state index in [0.29, 0.717) is 11.2 Å². The molecule has 4 nitrogen and oxygen atoms in total. The lowest BCUT2D eigenvalue weighted by Gasteiger charge is -2.09. The van der Waals surface area contributed by atoms with E-state index >= 15 is 0 Å². The van der Waals surface area contributed by atoms with Crippen molar-refractivity contribution in [2.24, 2.45) is 5.10 Å². The van der Waals surface area contributed by atoms with Gasteiger partial charge in [-0.25, -0.2) is 0 Å². The van der Waals surface area contributed by atoms with E-state index in [1.165, 1.54) is 0 Å². The second kappa shape index (κ2) is 5.84. The summed E-state index contributed by atoms with van der Waals surface area (Å²) in [6.07, 6.45) is 1.79. The first-order valence-electron chi connectivity index (χ1n) is 6.25. The number of aromatic nitrogens is 1. The fraction of sp³-hybridized carbons (Fsp3) is 0.286. The number of para-hydroxylation sites is 1. The molecule has 1 aromatic heterocycles. The third kappa shape index (κ3) is 3.32. The van der Waals surface area contributed by atoms with Crippen molar-refractivity contribution >= 4 is 34.4 Å². The first-order chi connectivity index (χ1) is 9.08. The third-order valence-electron chi connectivity index (χ3n) is 2.72. The highest BCUT2D eigenvalue weighted by Gasteiger charge is 2.05. The molecule has 0 radical (unpaired) electrons. The number of thiocarbonyl (C=S) groups is 1. The van der Waals surface area contributed by atoms with Crippen LogP contribution in [0.5, 0.6) is 0 Å². The number of rotatable bonds is 3. The molecule has 1 heterocycles. The minimum absolute atomic E-state index is 0.296. The predicted octanol–water partition coefficient (Wildman–Crippen LogP) is 2.68. The molecule has 0 fully saturated rings. The largest absolute Gasteiger partial charge is 0.359 e. The minimum atomic E-state index is 0.296. The van der Waals surface area contributed by atoms with Crippen LogP contribution in [-0.2, 0) is 0 Å². The molecule has 0 aliphatic rings. The molecule has 5 heteroatoms. The number of nitrogens with one attached hydrogen (secondary N) is 3. The monoisotopic (exact) mass is 274 g/mol. The average Bonchev–Trinajstić information content (AvgIpc) is 2.65. The minimum Gasteiger partial charge on any atom is -0.359 e. The maximum Gasteiger partial charge on any atom is 0.187 e. The topological polar surface area (TPSA) is 52.2 Å². The highest BCUT2D eigenvalue weighted by atomic mass is 32.1. The Morgan fingerprint density at radius 3 is 2.84 bits per heavy atom. The van der Waals surface area contributed by atoms with Crippen LogP contribution < -0.4 is 10.7 Å². The van der Waals surface area contributed by atoms with Crippen LogP contribution in [0.3, 0.4) is 0 Å². The Labute approximate surface area is 118 Å². The molecular weight excluding hydrogens is 256 g/mol. The number of hydrazone groups is 1. The number of hydrogen-bond acceptors (Lipinski definition) is 2. The van der Waals surface area contributed by atoms with Crippen LogP contribution in [0, 0.1) is 6.92 Å². The van der Waals surface area contributed by atoms with Crippen molar-refractivity contribution < 1.29 is 0 Å². The molecule has 2 aromatic rings. The van der Waals surface area contributed by atoms with Gasteiger partial charge in [-0.15, -0.1) is 0 Å². The van der Waals surface area contributed by atoms with E-state index in [0.717, 1.165) is 22.2 Å². The SMILES string of the molecule is Cc1[nH]c2ccccc2c1/C=N/NC(=S)NC(C)C. The standard InChI is InChI=1S/C14H18N4S/c1-9(2)16-14(19)18-15-8-12-10(3)17-13-7-5-4-6-11(12)13/h4-9,17H,1-3H3,(H2,16,18,19)/b15-8+. The zero-order valence-corrected chi connectivity index (χ0v) is 12.1. The maximum atomic E-state index is 5.11. The van der Waals surface area contributed by atoms with Crippen molar-refractivity contribution in [3.05, 3.63) is 35.5 Å². The molecular formula is C14H18N4S. The Morgan fingerprint density at radius 1 is 1.37 bits per heavy atom. The second-order valence-corrected chi connectivity index (χ2v) is 5.12. The predicted molar refractivity (Wildman–Crippen MR) is 84.6 cm³/mol. The number of aryl methyl sites for hydroxylation is 1. The van der Waals surface area contributed by atoms with Crippen molar-refractivity contribution in [3.63, 3.8) is 0 Å². The average molecular weight is 274 g/mol. The van der Waals surface area contributed by atoms with Crippen LogP contribution in [-0.4, -0.2) is 22.4 Å². The molecule has 0 unspecified atom stereocenters. The Kier molecular flexibility index (Phi) is 4.16. The van der Waals surface area contributed by atoms with Gasteiger partial charge in [0.1, 0.15) is 0 Å². The first-order valence-corrected chi connectivity index (χ1v) is 6.65. The van der Waals surface area contributed by atoms with Crippen LogP contribution in [0.4, 0.5) is 0 Å². The van der Waals surface area contributed by atoms with Gasteiger partial charge in [-0.2, -0.15) is 5.10 Å². The molecule has 19 heavy (non-hydrogen) atoms. The second-order valence-electron chi connectivity index (χ2n) is 4.71. The number of hydrogen-bond donors (Lipinski definition) is 3. The van der Waals surface area contributed by atoms with Gasteiger partial charge < -0.3 is 10.3 Å². The molecule has 1 aromatic carbocycles. The van der Waals surface area contributed by atoms with Crippen molar-refractivity contribution in [1.29, 1.82) is 0 Å². The molecule has 0 spiro atoms. The molecule has 0 saturated carbocycles. The molecule has 0 aliphatic carbocycles. The van der Waals surface area contributed by atoms with Crippen LogP contribution in [0.25, 0.3) is 10.9 Å². The number of benzene rings is 1. The molecule has 0 bridgehead atoms. The Hall–Kier alpha value is -1.88. The fourth-order valence-electron chi connectivity index (χ4n) is 1.91. The van der Waals surface area contributed by atoms with Gasteiger partial charge in [-0.3, -0.25) is 5.43 Å². The fourth-order valence-corrected chi connectivity index (χ4v) is 2.20. The lowest BCUT2D eigenvalue weighted by molar-refractivity contribution is 0.720. The summed E-state index contributed by atoms with van der Waals surface area (Å²) in [6.45, 7) is 6.09. The van der Waals surface area contributed by atoms with E-state index in [4.69, 9.17) is 12.2 Å². The molecule has 0 saturated heterocycles. The number of nitrogens with zero attached hydrogens (tertiary/aromatic N) is 1. The summed E-state index contributed by atoms with van der Waals surface area (Å²) in [5.41, 5.74) is 6.11. The quantitative estimate of drug-likeness (QED) is 0.458. The van der Waals surface area contributed by atoms with Gasteiger partial charge in [0.15, 0.2) is 5.11 Å². The number of fused-ring (bicyclic) bond motifs is 1. The summed E-state index contributed by atoms with van der Waals surface area (Å²) >= 11 is 5.11. The Balaban J connectivity index is 2.13. The zero-order chi connectivity index (χ0) is 13.8. The van der Waals surface area contributed by atoms with E-state index in [1.807, 2.05) is 32.9 Å². The lowest BCUT2D eigenvalue weighted by atomic mass is 10.1. The van der Waals surface area contributed by atoms with Crippen LogP contribution in [0.15, 0.2) is 29.4 Å². The molecule has 2 rings (SSSR count). The van der Waals surface area contributed by atoms with E-state index in [9.17, 15) is 0 Å². The Morgan fingerprint density at radius 2 is 2.11 bits per heavy atom. The smallest absolute Gasteiger partial charge is 0.187 e. The van der Waals surface area contributed by atoms with E-state index in [2.05, 4.69) is 33.0 Å². The summed E-state index contributed by atoms with van der Waals surface area (Å²) < 4.78 is 0. The van der Waals surface area contributed by atoms with Crippen molar-refractivity contribution in [2.75, 3.05) is 0 Å². The van der Waals surface area contributed by atoms with Gasteiger partial charge in [0, 0.05) is 28.2 Å². The third-order valence-corrected chi connectivity index (χ3v) is 2.93. The summed E-state index contributed by atoms with van der Waals surface area (Å²) in [6, 6.07) is 8.46. The normalized spacial score (nSPS) is 11.4. The summed E-state index contributed by atoms with van der Waals surface area (Å²) in [5, 5.41) is 8.94. The van der Waals surface area contributed by atoms with Gasteiger partial charge in [-0.1, -0.05) is 18.2 Å². The van der Waals surface area contributed by atoms with Crippen molar-refractivity contribution in [3.8, 4) is 0 Å². The lowest BCUT2D eigenvalue weighted by Crippen LogP contribution is -2.36. The highest BCUT2D eigenvalue weighted by Crippen LogP contribution is 2.19. The van der Waals surface area contributed by atoms with Gasteiger partial charge in [0.25, 0.3) is 0 Å². The van der Waals surface area contributed by atoms with E-state index < -0.39 is 0 Å². The van der Waals surface area contributed by atoms with Crippen LogP contribution in [0.2, 0.25) is 0 Å². The van der Waals surface area contributed by atoms with Gasteiger partial charge >= 0.3 is 0 Å². The van der Waals surface area contributed by atoms with Crippen molar-refractivity contribution in [1.82, 2.24) is 15.7 Å². The number of aromatic amines is 1. The summed E-state index contributed by atoms with van der Waals surface area (Å²) in [5.74, 6) is 0. The van der Waals surface area contributed by atoms with Crippen molar-refractivity contribution in [2.45, 2.75) is 26.8 Å². The zero-order valence-electron chi connectivity index (χ0n) is 11.3. The molecule has 3 N–H and O–H groups in total. The first kappa shape index (κ1) is 13.5. The van der Waals surface area contributed by atoms with Crippen LogP contribution >= 0.6 is 12.2 Å². The van der Waals surface area contributed by atoms with E-state index in [1.54, 1.807) is 6.21 Å². The number of H-pyrrole nitrogens is 1. The van der Waals surface area contributed by atoms with Gasteiger partial charge in [-0.05, 0) is 39.1 Å². The van der Waals surface area contributed by atoms with Crippen LogP contribution in [0.1, 0.15) is 25.1 Å². The molecule has 0 amide bonds. The highest BCUT2D eigenvalue weighted by molar-refractivity contribution is 7.80. The van der Waals surface area contributed by atoms with Gasteiger partial charge in [0.05, 0.1) is 6.21 Å². The Bertz CT molecular complexity index is 613. The van der Waals surface area contributed by atoms with Gasteiger partial charge in [0.2, 0.25) is 0 Å². The summed E-state index contributed by atoms with van der Waals surface area (Å²) in [4.78, 5) is 3.33. The molecule has 100 valence electrons. The maximum absolute atomic E-state index is 5.11. The molecule has 0 atom stereocenters. The molecule has 0 aliphatic heterocycles. The van der Waals surface area contributed by atoms with E-state index in [-0.39, 0.29) is 0 Å². The summed E-state index contributed by atoms with van der Waals surface area (Å²) in [7, 11) is 0.